The number of hydrogen-bond donors (Lipinski definition) is 0. The van der Waals surface area contributed by atoms with Crippen LogP contribution in [0.2, 0.25) is 0 Å². The summed E-state index contributed by atoms with van der Waals surface area (Å²) in [6.07, 6.45) is 2.07. The van der Waals surface area contributed by atoms with E-state index in [-0.39, 0.29) is 17.5 Å². The summed E-state index contributed by atoms with van der Waals surface area (Å²) < 4.78 is 29.6. The Morgan fingerprint density at radius 3 is 3.00 bits per heavy atom. The molecule has 7 nitrogen and oxygen atoms in total. The third-order valence-electron chi connectivity index (χ3n) is 2.79. The van der Waals surface area contributed by atoms with Gasteiger partial charge in [0, 0.05) is 0 Å². The largest absolute Gasteiger partial charge is 0.461 e. The summed E-state index contributed by atoms with van der Waals surface area (Å²) in [4.78, 5) is 0. The van der Waals surface area contributed by atoms with E-state index >= 15 is 0 Å². The van der Waals surface area contributed by atoms with E-state index in [9.17, 15) is 8.42 Å². The van der Waals surface area contributed by atoms with Crippen molar-refractivity contribution in [3.05, 3.63) is 18.4 Å². The lowest BCUT2D eigenvalue weighted by atomic mass is 10.2. The van der Waals surface area contributed by atoms with Crippen LogP contribution >= 0.6 is 0 Å². The normalized spacial score (nSPS) is 22.9. The highest BCUT2D eigenvalue weighted by molar-refractivity contribution is 7.91. The third kappa shape index (κ3) is 1.84. The Kier molecular flexibility index (Phi) is 2.25. The quantitative estimate of drug-likeness (QED) is 0.765. The topological polar surface area (TPSA) is 90.9 Å². The molecule has 0 aromatic carbocycles. The Labute approximate surface area is 97.3 Å². The molecule has 2 aromatic rings. The van der Waals surface area contributed by atoms with Gasteiger partial charge in [0.2, 0.25) is 5.82 Å². The van der Waals surface area contributed by atoms with Gasteiger partial charge >= 0.3 is 0 Å². The number of hydrogen-bond acceptors (Lipinski definition) is 6. The number of nitrogens with zero attached hydrogens (tertiary/aromatic N) is 4. The van der Waals surface area contributed by atoms with Crippen LogP contribution in [0, 0.1) is 0 Å². The van der Waals surface area contributed by atoms with Crippen LogP contribution in [-0.2, 0) is 9.84 Å². The molecular weight excluding hydrogens is 244 g/mol. The average Bonchev–Trinajstić information content (AvgIpc) is 2.93. The SMILES string of the molecule is O=S1(=O)CC[C@@H](n2nnnc2-c2ccco2)C1. The average molecular weight is 254 g/mol. The van der Waals surface area contributed by atoms with Gasteiger partial charge in [-0.2, -0.15) is 0 Å². The minimum atomic E-state index is -2.95. The van der Waals surface area contributed by atoms with Crippen molar-refractivity contribution in [2.45, 2.75) is 12.5 Å². The summed E-state index contributed by atoms with van der Waals surface area (Å²) in [6.45, 7) is 0. The maximum atomic E-state index is 11.4. The Morgan fingerprint density at radius 2 is 2.35 bits per heavy atom. The summed E-state index contributed by atoms with van der Waals surface area (Å²) in [5.74, 6) is 1.29. The summed E-state index contributed by atoms with van der Waals surface area (Å²) in [7, 11) is -2.95. The highest BCUT2D eigenvalue weighted by atomic mass is 32.2. The van der Waals surface area contributed by atoms with Crippen LogP contribution in [0.1, 0.15) is 12.5 Å². The van der Waals surface area contributed by atoms with Crippen molar-refractivity contribution in [2.75, 3.05) is 11.5 Å². The Balaban J connectivity index is 1.98. The molecule has 90 valence electrons. The zero-order valence-electron chi connectivity index (χ0n) is 8.85. The molecule has 1 aliphatic rings. The van der Waals surface area contributed by atoms with Crippen LogP contribution < -0.4 is 0 Å². The molecule has 0 amide bonds. The van der Waals surface area contributed by atoms with Gasteiger partial charge in [0.25, 0.3) is 0 Å². The first-order valence-corrected chi connectivity index (χ1v) is 7.00. The van der Waals surface area contributed by atoms with Crippen LogP contribution in [0.3, 0.4) is 0 Å². The van der Waals surface area contributed by atoms with E-state index in [0.717, 1.165) is 0 Å². The van der Waals surface area contributed by atoms with Gasteiger partial charge in [-0.25, -0.2) is 13.1 Å². The second-order valence-corrected chi connectivity index (χ2v) is 6.21. The second kappa shape index (κ2) is 3.66. The van der Waals surface area contributed by atoms with E-state index in [0.29, 0.717) is 18.0 Å². The van der Waals surface area contributed by atoms with Gasteiger partial charge in [-0.05, 0) is 29.0 Å². The molecule has 0 bridgehead atoms. The van der Waals surface area contributed by atoms with E-state index in [4.69, 9.17) is 4.42 Å². The van der Waals surface area contributed by atoms with Crippen molar-refractivity contribution in [1.29, 1.82) is 0 Å². The molecule has 3 heterocycles. The predicted molar refractivity (Wildman–Crippen MR) is 57.8 cm³/mol. The smallest absolute Gasteiger partial charge is 0.218 e. The van der Waals surface area contributed by atoms with E-state index in [1.165, 1.54) is 10.9 Å². The van der Waals surface area contributed by atoms with Gasteiger partial charge in [-0.1, -0.05) is 0 Å². The van der Waals surface area contributed by atoms with Crippen molar-refractivity contribution in [2.24, 2.45) is 0 Å². The number of aromatic nitrogens is 4. The van der Waals surface area contributed by atoms with E-state index in [1.54, 1.807) is 12.1 Å². The molecule has 8 heteroatoms. The van der Waals surface area contributed by atoms with Gasteiger partial charge in [-0.15, -0.1) is 5.10 Å². The molecule has 2 aromatic heterocycles. The highest BCUT2D eigenvalue weighted by Crippen LogP contribution is 2.27. The first-order chi connectivity index (χ1) is 8.16. The molecular formula is C9H10N4O3S. The van der Waals surface area contributed by atoms with Crippen molar-refractivity contribution in [3.8, 4) is 11.6 Å². The molecule has 0 unspecified atom stereocenters. The molecule has 3 rings (SSSR count). The molecule has 1 atom stereocenters. The van der Waals surface area contributed by atoms with Crippen molar-refractivity contribution < 1.29 is 12.8 Å². The van der Waals surface area contributed by atoms with Crippen molar-refractivity contribution >= 4 is 9.84 Å². The molecule has 0 aliphatic carbocycles. The molecule has 0 spiro atoms. The molecule has 17 heavy (non-hydrogen) atoms. The van der Waals surface area contributed by atoms with Crippen LogP contribution in [0.15, 0.2) is 22.8 Å². The molecule has 0 saturated carbocycles. The fourth-order valence-electron chi connectivity index (χ4n) is 1.98. The number of rotatable bonds is 2. The van der Waals surface area contributed by atoms with Crippen LogP contribution in [0.4, 0.5) is 0 Å². The molecule has 1 fully saturated rings. The summed E-state index contributed by atoms with van der Waals surface area (Å²) in [5.41, 5.74) is 0. The first-order valence-electron chi connectivity index (χ1n) is 5.18. The summed E-state index contributed by atoms with van der Waals surface area (Å²) in [5, 5.41) is 11.3. The van der Waals surface area contributed by atoms with Gasteiger partial charge in [0.1, 0.15) is 0 Å². The second-order valence-electron chi connectivity index (χ2n) is 3.98. The lowest BCUT2D eigenvalue weighted by Gasteiger charge is -2.08. The number of furan rings is 1. The molecule has 0 radical (unpaired) electrons. The Bertz CT molecular complexity index is 616. The lowest BCUT2D eigenvalue weighted by Crippen LogP contribution is -2.13. The van der Waals surface area contributed by atoms with E-state index in [2.05, 4.69) is 15.5 Å². The standard InChI is InChI=1S/C9H10N4O3S/c14-17(15)5-3-7(6-17)13-9(10-11-12-13)8-2-1-4-16-8/h1-2,4,7H,3,5-6H2/t7-/m1/s1. The third-order valence-corrected chi connectivity index (χ3v) is 4.54. The van der Waals surface area contributed by atoms with Crippen molar-refractivity contribution in [1.82, 2.24) is 20.2 Å². The molecule has 1 aliphatic heterocycles. The zero-order valence-corrected chi connectivity index (χ0v) is 9.67. The lowest BCUT2D eigenvalue weighted by molar-refractivity contribution is 0.479. The van der Waals surface area contributed by atoms with Crippen molar-refractivity contribution in [3.63, 3.8) is 0 Å². The van der Waals surface area contributed by atoms with Crippen LogP contribution in [0.5, 0.6) is 0 Å². The fraction of sp³-hybridized carbons (Fsp3) is 0.444. The van der Waals surface area contributed by atoms with Gasteiger partial charge < -0.3 is 4.42 Å². The predicted octanol–water partition coefficient (Wildman–Crippen LogP) is 0.293. The minimum Gasteiger partial charge on any atom is -0.461 e. The summed E-state index contributed by atoms with van der Waals surface area (Å²) in [6, 6.07) is 3.28. The number of sulfone groups is 1. The maximum Gasteiger partial charge on any atom is 0.218 e. The van der Waals surface area contributed by atoms with E-state index in [1.807, 2.05) is 0 Å². The monoisotopic (exact) mass is 254 g/mol. The maximum absolute atomic E-state index is 11.4. The van der Waals surface area contributed by atoms with Gasteiger partial charge in [0.05, 0.1) is 23.8 Å². The molecule has 1 saturated heterocycles. The van der Waals surface area contributed by atoms with Gasteiger partial charge in [-0.3, -0.25) is 0 Å². The zero-order chi connectivity index (χ0) is 11.9. The first kappa shape index (κ1) is 10.5. The van der Waals surface area contributed by atoms with E-state index < -0.39 is 9.84 Å². The fourth-order valence-corrected chi connectivity index (χ4v) is 3.67. The Morgan fingerprint density at radius 1 is 1.47 bits per heavy atom. The molecule has 0 N–H and O–H groups in total. The van der Waals surface area contributed by atoms with Crippen LogP contribution in [-0.4, -0.2) is 40.1 Å². The van der Waals surface area contributed by atoms with Gasteiger partial charge in [0.15, 0.2) is 15.6 Å². The Hall–Kier alpha value is -1.70. The highest BCUT2D eigenvalue weighted by Gasteiger charge is 2.32. The number of tetrazole rings is 1. The minimum absolute atomic E-state index is 0.0890. The van der Waals surface area contributed by atoms with Crippen LogP contribution in [0.25, 0.3) is 11.6 Å². The summed E-state index contributed by atoms with van der Waals surface area (Å²) >= 11 is 0.